The van der Waals surface area contributed by atoms with Crippen LogP contribution in [0.4, 0.5) is 0 Å². The summed E-state index contributed by atoms with van der Waals surface area (Å²) in [6.45, 7) is 6.93. The van der Waals surface area contributed by atoms with Crippen LogP contribution >= 0.6 is 11.8 Å². The molecule has 0 amide bonds. The molecular weight excluding hydrogens is 264 g/mol. The van der Waals surface area contributed by atoms with Crippen molar-refractivity contribution in [1.29, 1.82) is 0 Å². The largest absolute Gasteiger partial charge is 0.329 e. The maximum absolute atomic E-state index is 6.26. The molecule has 3 fully saturated rings. The predicted octanol–water partition coefficient (Wildman–Crippen LogP) is 3.22. The van der Waals surface area contributed by atoms with E-state index in [1.54, 1.807) is 0 Å². The minimum absolute atomic E-state index is 0.244. The molecule has 0 aromatic carbocycles. The third-order valence-corrected chi connectivity index (χ3v) is 7.98. The number of thioether (sulfide) groups is 1. The number of hydrogen-bond donors (Lipinski definition) is 1. The van der Waals surface area contributed by atoms with Crippen LogP contribution in [0.15, 0.2) is 0 Å². The van der Waals surface area contributed by atoms with E-state index in [9.17, 15) is 0 Å². The average molecular weight is 297 g/mol. The zero-order chi connectivity index (χ0) is 14.4. The summed E-state index contributed by atoms with van der Waals surface area (Å²) in [6.07, 6.45) is 7.29. The first-order valence-electron chi connectivity index (χ1n) is 8.43. The van der Waals surface area contributed by atoms with E-state index >= 15 is 0 Å². The Morgan fingerprint density at radius 1 is 1.20 bits per heavy atom. The monoisotopic (exact) mass is 296 g/mol. The van der Waals surface area contributed by atoms with Gasteiger partial charge in [0.05, 0.1) is 0 Å². The second-order valence-corrected chi connectivity index (χ2v) is 9.56. The standard InChI is InChI=1S/C17H32N2S/c1-16(2)9-17(10-18,12-20-11-16)19(3)8-15-7-13-4-5-14(15)6-13/h13-15H,4-12,18H2,1-3H3. The van der Waals surface area contributed by atoms with E-state index in [0.717, 1.165) is 24.3 Å². The third-order valence-electron chi connectivity index (χ3n) is 6.25. The molecule has 20 heavy (non-hydrogen) atoms. The number of fused-ring (bicyclic) bond motifs is 2. The van der Waals surface area contributed by atoms with Gasteiger partial charge in [0.15, 0.2) is 0 Å². The van der Waals surface area contributed by atoms with E-state index in [2.05, 4.69) is 37.6 Å². The molecule has 1 saturated heterocycles. The zero-order valence-electron chi connectivity index (χ0n) is 13.5. The van der Waals surface area contributed by atoms with Crippen LogP contribution in [0.2, 0.25) is 0 Å². The van der Waals surface area contributed by atoms with E-state index < -0.39 is 0 Å². The van der Waals surface area contributed by atoms with E-state index in [-0.39, 0.29) is 5.54 Å². The van der Waals surface area contributed by atoms with Gasteiger partial charge in [0.2, 0.25) is 0 Å². The van der Waals surface area contributed by atoms with Gasteiger partial charge in [-0.05, 0) is 61.7 Å². The fourth-order valence-corrected chi connectivity index (χ4v) is 6.76. The lowest BCUT2D eigenvalue weighted by Gasteiger charge is -2.50. The molecule has 0 aromatic rings. The highest BCUT2D eigenvalue weighted by molar-refractivity contribution is 7.99. The first-order valence-corrected chi connectivity index (χ1v) is 9.59. The molecule has 2 nitrogen and oxygen atoms in total. The molecule has 2 saturated carbocycles. The van der Waals surface area contributed by atoms with Gasteiger partial charge in [-0.15, -0.1) is 0 Å². The Bertz CT molecular complexity index is 357. The second kappa shape index (κ2) is 5.48. The highest BCUT2D eigenvalue weighted by Gasteiger charge is 2.45. The van der Waals surface area contributed by atoms with Gasteiger partial charge >= 0.3 is 0 Å². The summed E-state index contributed by atoms with van der Waals surface area (Å²) in [7, 11) is 2.35. The lowest BCUT2D eigenvalue weighted by Crippen LogP contribution is -2.59. The SMILES string of the molecule is CN(CC1CC2CCC1C2)C1(CN)CSCC(C)(C)C1. The first-order chi connectivity index (χ1) is 9.44. The Labute approximate surface area is 129 Å². The minimum atomic E-state index is 0.244. The molecule has 4 unspecified atom stereocenters. The maximum atomic E-state index is 6.26. The summed E-state index contributed by atoms with van der Waals surface area (Å²) >= 11 is 2.11. The van der Waals surface area contributed by atoms with Gasteiger partial charge in [0, 0.05) is 24.4 Å². The number of nitrogens with two attached hydrogens (primary N) is 1. The molecule has 2 aliphatic carbocycles. The number of hydrogen-bond acceptors (Lipinski definition) is 3. The highest BCUT2D eigenvalue weighted by atomic mass is 32.2. The van der Waals surface area contributed by atoms with Crippen molar-refractivity contribution in [1.82, 2.24) is 4.90 Å². The fraction of sp³-hybridized carbons (Fsp3) is 1.00. The summed E-state index contributed by atoms with van der Waals surface area (Å²) in [5.74, 6) is 5.56. The molecule has 0 spiro atoms. The zero-order valence-corrected chi connectivity index (χ0v) is 14.3. The Hall–Kier alpha value is 0.270. The summed E-state index contributed by atoms with van der Waals surface area (Å²) in [6, 6.07) is 0. The van der Waals surface area contributed by atoms with Crippen LogP contribution < -0.4 is 5.73 Å². The third kappa shape index (κ3) is 2.78. The van der Waals surface area contributed by atoms with E-state index in [1.165, 1.54) is 50.2 Å². The maximum Gasteiger partial charge on any atom is 0.0424 e. The Balaban J connectivity index is 1.66. The summed E-state index contributed by atoms with van der Waals surface area (Å²) in [5.41, 5.74) is 6.94. The van der Waals surface area contributed by atoms with Gasteiger partial charge in [0.25, 0.3) is 0 Å². The summed E-state index contributed by atoms with van der Waals surface area (Å²) in [4.78, 5) is 2.66. The molecule has 3 rings (SSSR count). The normalized spacial score (nSPS) is 43.4. The fourth-order valence-electron chi connectivity index (χ4n) is 5.19. The quantitative estimate of drug-likeness (QED) is 0.864. The van der Waals surface area contributed by atoms with Crippen LogP contribution in [-0.2, 0) is 0 Å². The molecule has 3 aliphatic rings. The summed E-state index contributed by atoms with van der Waals surface area (Å²) < 4.78 is 0. The van der Waals surface area contributed by atoms with Crippen LogP contribution in [0, 0.1) is 23.2 Å². The minimum Gasteiger partial charge on any atom is -0.329 e. The topological polar surface area (TPSA) is 29.3 Å². The van der Waals surface area contributed by atoms with Crippen LogP contribution in [0.25, 0.3) is 0 Å². The molecule has 0 radical (unpaired) electrons. The molecule has 2 bridgehead atoms. The van der Waals surface area contributed by atoms with E-state index in [1.807, 2.05) is 0 Å². The molecule has 0 aromatic heterocycles. The van der Waals surface area contributed by atoms with E-state index in [0.29, 0.717) is 5.41 Å². The van der Waals surface area contributed by atoms with Crippen molar-refractivity contribution in [2.75, 3.05) is 31.6 Å². The first kappa shape index (κ1) is 15.2. The molecular formula is C17H32N2S. The van der Waals surface area contributed by atoms with Gasteiger partial charge in [0.1, 0.15) is 0 Å². The van der Waals surface area contributed by atoms with Gasteiger partial charge in [-0.1, -0.05) is 20.3 Å². The van der Waals surface area contributed by atoms with Gasteiger partial charge in [-0.3, -0.25) is 4.90 Å². The Morgan fingerprint density at radius 3 is 2.55 bits per heavy atom. The van der Waals surface area contributed by atoms with Crippen LogP contribution in [0.1, 0.15) is 46.0 Å². The smallest absolute Gasteiger partial charge is 0.0424 e. The Morgan fingerprint density at radius 2 is 2.00 bits per heavy atom. The molecule has 4 atom stereocenters. The van der Waals surface area contributed by atoms with Crippen molar-refractivity contribution in [3.8, 4) is 0 Å². The summed E-state index contributed by atoms with van der Waals surface area (Å²) in [5, 5.41) is 0. The number of nitrogens with zero attached hydrogens (tertiary/aromatic N) is 1. The van der Waals surface area contributed by atoms with Crippen LogP contribution in [0.5, 0.6) is 0 Å². The van der Waals surface area contributed by atoms with Crippen LogP contribution in [-0.4, -0.2) is 42.1 Å². The average Bonchev–Trinajstić information content (AvgIpc) is 2.99. The lowest BCUT2D eigenvalue weighted by molar-refractivity contribution is 0.0683. The second-order valence-electron chi connectivity index (χ2n) is 8.58. The molecule has 2 N–H and O–H groups in total. The van der Waals surface area contributed by atoms with Gasteiger partial charge in [-0.2, -0.15) is 11.8 Å². The number of rotatable bonds is 4. The highest BCUT2D eigenvalue weighted by Crippen LogP contribution is 2.49. The van der Waals surface area contributed by atoms with E-state index in [4.69, 9.17) is 5.73 Å². The van der Waals surface area contributed by atoms with Crippen LogP contribution in [0.3, 0.4) is 0 Å². The van der Waals surface area contributed by atoms with Crippen molar-refractivity contribution < 1.29 is 0 Å². The van der Waals surface area contributed by atoms with Crippen molar-refractivity contribution in [2.24, 2.45) is 28.9 Å². The molecule has 1 aliphatic heterocycles. The number of likely N-dealkylation sites (N-methyl/N-ethyl adjacent to an activating group) is 1. The van der Waals surface area contributed by atoms with Crippen molar-refractivity contribution in [3.05, 3.63) is 0 Å². The lowest BCUT2D eigenvalue weighted by atomic mass is 9.78. The molecule has 1 heterocycles. The molecule has 3 heteroatoms. The van der Waals surface area contributed by atoms with Crippen molar-refractivity contribution >= 4 is 11.8 Å². The van der Waals surface area contributed by atoms with Crippen molar-refractivity contribution in [2.45, 2.75) is 51.5 Å². The predicted molar refractivity (Wildman–Crippen MR) is 89.1 cm³/mol. The van der Waals surface area contributed by atoms with Crippen molar-refractivity contribution in [3.63, 3.8) is 0 Å². The molecule has 116 valence electrons. The van der Waals surface area contributed by atoms with Gasteiger partial charge < -0.3 is 5.73 Å². The van der Waals surface area contributed by atoms with Gasteiger partial charge in [-0.25, -0.2) is 0 Å². The Kier molecular flexibility index (Phi) is 4.16.